The van der Waals surface area contributed by atoms with Crippen molar-refractivity contribution in [1.82, 2.24) is 10.2 Å². The largest absolute Gasteiger partial charge is 0.336 e. The van der Waals surface area contributed by atoms with Gasteiger partial charge in [-0.25, -0.2) is 4.39 Å². The van der Waals surface area contributed by atoms with E-state index in [1.807, 2.05) is 13.8 Å². The van der Waals surface area contributed by atoms with E-state index in [4.69, 9.17) is 11.6 Å². The Balaban J connectivity index is 2.20. The van der Waals surface area contributed by atoms with Gasteiger partial charge in [0.2, 0.25) is 0 Å². The first-order chi connectivity index (χ1) is 8.47. The fraction of sp³-hybridized carbons (Fsp3) is 0.462. The fourth-order valence-corrected chi connectivity index (χ4v) is 2.57. The fourth-order valence-electron chi connectivity index (χ4n) is 2.33. The minimum absolute atomic E-state index is 0.139. The average molecular weight is 271 g/mol. The maximum absolute atomic E-state index is 13.0. The molecule has 0 aliphatic carbocycles. The lowest BCUT2D eigenvalue weighted by Crippen LogP contribution is -2.55. The van der Waals surface area contributed by atoms with Crippen molar-refractivity contribution in [1.29, 1.82) is 0 Å². The van der Waals surface area contributed by atoms with E-state index in [0.717, 1.165) is 0 Å². The van der Waals surface area contributed by atoms with Crippen molar-refractivity contribution in [2.24, 2.45) is 0 Å². The van der Waals surface area contributed by atoms with Crippen LogP contribution in [0.15, 0.2) is 18.2 Å². The minimum Gasteiger partial charge on any atom is -0.336 e. The molecule has 2 rings (SSSR count). The zero-order valence-electron chi connectivity index (χ0n) is 10.4. The zero-order chi connectivity index (χ0) is 13.3. The summed E-state index contributed by atoms with van der Waals surface area (Å²) in [4.78, 5) is 14.1. The Bertz CT molecular complexity index is 456. The lowest BCUT2D eigenvalue weighted by molar-refractivity contribution is 0.0674. The van der Waals surface area contributed by atoms with E-state index >= 15 is 0 Å². The molecule has 1 fully saturated rings. The molecule has 1 aromatic carbocycles. The minimum atomic E-state index is -0.432. The Morgan fingerprint density at radius 3 is 2.56 bits per heavy atom. The van der Waals surface area contributed by atoms with E-state index in [1.54, 1.807) is 4.90 Å². The highest BCUT2D eigenvalue weighted by Crippen LogP contribution is 2.20. The number of amides is 1. The van der Waals surface area contributed by atoms with Crippen LogP contribution in [0.3, 0.4) is 0 Å². The molecule has 18 heavy (non-hydrogen) atoms. The normalized spacial score (nSPS) is 24.1. The van der Waals surface area contributed by atoms with Crippen LogP contribution in [0.1, 0.15) is 24.2 Å². The lowest BCUT2D eigenvalue weighted by Gasteiger charge is -2.36. The molecule has 1 heterocycles. The van der Waals surface area contributed by atoms with Crippen LogP contribution in [0.25, 0.3) is 0 Å². The molecule has 0 saturated carbocycles. The second-order valence-electron chi connectivity index (χ2n) is 4.80. The first-order valence-corrected chi connectivity index (χ1v) is 6.35. The molecular weight excluding hydrogens is 255 g/mol. The third-order valence-corrected chi connectivity index (χ3v) is 3.32. The Hall–Kier alpha value is -1.13. The monoisotopic (exact) mass is 270 g/mol. The standard InChI is InChI=1S/C13H16ClFN2O/c1-8-6-17(7-9(2)16-8)13(18)11-4-3-10(15)5-12(11)14/h3-5,8-9,16H,6-7H2,1-2H3. The van der Waals surface area contributed by atoms with Crippen molar-refractivity contribution in [3.63, 3.8) is 0 Å². The molecule has 0 spiro atoms. The summed E-state index contributed by atoms with van der Waals surface area (Å²) in [6, 6.07) is 4.36. The summed E-state index contributed by atoms with van der Waals surface area (Å²) < 4.78 is 13.0. The lowest BCUT2D eigenvalue weighted by atomic mass is 10.1. The molecule has 1 aromatic rings. The van der Waals surface area contributed by atoms with E-state index < -0.39 is 5.82 Å². The van der Waals surface area contributed by atoms with Gasteiger partial charge in [-0.2, -0.15) is 0 Å². The molecule has 1 N–H and O–H groups in total. The van der Waals surface area contributed by atoms with Gasteiger partial charge in [0.15, 0.2) is 0 Å². The number of piperazine rings is 1. The van der Waals surface area contributed by atoms with Gasteiger partial charge in [-0.05, 0) is 32.0 Å². The number of carbonyl (C=O) groups excluding carboxylic acids is 1. The number of nitrogens with one attached hydrogen (secondary N) is 1. The number of nitrogens with zero attached hydrogens (tertiary/aromatic N) is 1. The Kier molecular flexibility index (Phi) is 3.88. The average Bonchev–Trinajstić information content (AvgIpc) is 2.26. The van der Waals surface area contributed by atoms with Gasteiger partial charge in [-0.3, -0.25) is 4.79 Å². The smallest absolute Gasteiger partial charge is 0.255 e. The molecule has 3 nitrogen and oxygen atoms in total. The van der Waals surface area contributed by atoms with E-state index in [1.165, 1.54) is 18.2 Å². The number of benzene rings is 1. The Labute approximate surface area is 111 Å². The molecule has 1 aliphatic heterocycles. The molecule has 1 amide bonds. The summed E-state index contributed by atoms with van der Waals surface area (Å²) in [7, 11) is 0. The third-order valence-electron chi connectivity index (χ3n) is 3.01. The maximum Gasteiger partial charge on any atom is 0.255 e. The Morgan fingerprint density at radius 1 is 1.39 bits per heavy atom. The molecule has 98 valence electrons. The van der Waals surface area contributed by atoms with E-state index in [-0.39, 0.29) is 23.0 Å². The first-order valence-electron chi connectivity index (χ1n) is 5.97. The maximum atomic E-state index is 13.0. The molecular formula is C13H16ClFN2O. The van der Waals surface area contributed by atoms with Crippen LogP contribution in [0, 0.1) is 5.82 Å². The van der Waals surface area contributed by atoms with Crippen molar-refractivity contribution >= 4 is 17.5 Å². The van der Waals surface area contributed by atoms with Crippen molar-refractivity contribution in [2.75, 3.05) is 13.1 Å². The number of hydrogen-bond acceptors (Lipinski definition) is 2. The molecule has 0 radical (unpaired) electrons. The van der Waals surface area contributed by atoms with Crippen molar-refractivity contribution in [3.8, 4) is 0 Å². The van der Waals surface area contributed by atoms with Gasteiger partial charge in [0.25, 0.3) is 5.91 Å². The van der Waals surface area contributed by atoms with Gasteiger partial charge in [-0.15, -0.1) is 0 Å². The molecule has 0 aromatic heterocycles. The molecule has 2 atom stereocenters. The van der Waals surface area contributed by atoms with Gasteiger partial charge in [0.05, 0.1) is 10.6 Å². The predicted octanol–water partition coefficient (Wildman–Crippen LogP) is 2.30. The number of carbonyl (C=O) groups is 1. The zero-order valence-corrected chi connectivity index (χ0v) is 11.2. The van der Waals surface area contributed by atoms with Crippen LogP contribution in [0.2, 0.25) is 5.02 Å². The van der Waals surface area contributed by atoms with Crippen molar-refractivity contribution in [3.05, 3.63) is 34.6 Å². The van der Waals surface area contributed by atoms with Crippen LogP contribution in [0.4, 0.5) is 4.39 Å². The number of halogens is 2. The summed E-state index contributed by atoms with van der Waals surface area (Å²) in [5, 5.41) is 3.52. The van der Waals surface area contributed by atoms with Crippen LogP contribution in [0.5, 0.6) is 0 Å². The first kappa shape index (κ1) is 13.3. The molecule has 1 aliphatic rings. The van der Waals surface area contributed by atoms with Crippen LogP contribution < -0.4 is 5.32 Å². The van der Waals surface area contributed by atoms with Crippen LogP contribution >= 0.6 is 11.6 Å². The quantitative estimate of drug-likeness (QED) is 0.849. The second-order valence-corrected chi connectivity index (χ2v) is 5.21. The van der Waals surface area contributed by atoms with Gasteiger partial charge >= 0.3 is 0 Å². The molecule has 2 unspecified atom stereocenters. The van der Waals surface area contributed by atoms with Crippen LogP contribution in [-0.2, 0) is 0 Å². The van der Waals surface area contributed by atoms with Gasteiger partial charge in [0, 0.05) is 25.2 Å². The predicted molar refractivity (Wildman–Crippen MR) is 69.4 cm³/mol. The van der Waals surface area contributed by atoms with Gasteiger partial charge in [0.1, 0.15) is 5.82 Å². The van der Waals surface area contributed by atoms with Crippen molar-refractivity contribution < 1.29 is 9.18 Å². The summed E-state index contributed by atoms with van der Waals surface area (Å²) >= 11 is 5.91. The highest BCUT2D eigenvalue weighted by molar-refractivity contribution is 6.33. The van der Waals surface area contributed by atoms with E-state index in [0.29, 0.717) is 18.7 Å². The van der Waals surface area contributed by atoms with Gasteiger partial charge < -0.3 is 10.2 Å². The third kappa shape index (κ3) is 2.82. The van der Waals surface area contributed by atoms with Crippen molar-refractivity contribution in [2.45, 2.75) is 25.9 Å². The van der Waals surface area contributed by atoms with E-state index in [2.05, 4.69) is 5.32 Å². The summed E-state index contributed by atoms with van der Waals surface area (Å²) in [6.07, 6.45) is 0. The van der Waals surface area contributed by atoms with E-state index in [9.17, 15) is 9.18 Å². The number of rotatable bonds is 1. The molecule has 1 saturated heterocycles. The Morgan fingerprint density at radius 2 is 2.00 bits per heavy atom. The summed E-state index contributed by atoms with van der Waals surface area (Å²) in [5.41, 5.74) is 0.361. The van der Waals surface area contributed by atoms with Gasteiger partial charge in [-0.1, -0.05) is 11.6 Å². The van der Waals surface area contributed by atoms with Crippen LogP contribution in [-0.4, -0.2) is 36.0 Å². The highest BCUT2D eigenvalue weighted by atomic mass is 35.5. The second kappa shape index (κ2) is 5.24. The number of hydrogen-bond donors (Lipinski definition) is 1. The molecule has 0 bridgehead atoms. The summed E-state index contributed by atoms with van der Waals surface area (Å²) in [6.45, 7) is 5.33. The summed E-state index contributed by atoms with van der Waals surface area (Å²) in [5.74, 6) is -0.571. The topological polar surface area (TPSA) is 32.3 Å². The highest BCUT2D eigenvalue weighted by Gasteiger charge is 2.26. The molecule has 5 heteroatoms. The SMILES string of the molecule is CC1CN(C(=O)c2ccc(F)cc2Cl)CC(C)N1.